The van der Waals surface area contributed by atoms with Gasteiger partial charge in [-0.25, -0.2) is 0 Å². The van der Waals surface area contributed by atoms with E-state index in [9.17, 15) is 14.4 Å². The monoisotopic (exact) mass is 329 g/mol. The number of aryl methyl sites for hydroxylation is 1. The predicted octanol–water partition coefficient (Wildman–Crippen LogP) is 1.37. The molecule has 0 aliphatic rings. The average Bonchev–Trinajstić information content (AvgIpc) is 2.29. The molecule has 0 unspecified atom stereocenters. The number of benzene rings is 1. The van der Waals surface area contributed by atoms with Crippen molar-refractivity contribution < 1.29 is 24.6 Å². The number of nitrogens with zero attached hydrogens (tertiary/aromatic N) is 1. The maximum absolute atomic E-state index is 12.1. The van der Waals surface area contributed by atoms with Gasteiger partial charge in [0.15, 0.2) is 0 Å². The zero-order valence-electron chi connectivity index (χ0n) is 10.1. The van der Waals surface area contributed by atoms with Gasteiger partial charge in [0, 0.05) is 10.0 Å². The van der Waals surface area contributed by atoms with Crippen LogP contribution in [0.25, 0.3) is 0 Å². The van der Waals surface area contributed by atoms with Crippen LogP contribution >= 0.6 is 15.9 Å². The van der Waals surface area contributed by atoms with Crippen LogP contribution in [0, 0.1) is 6.92 Å². The van der Waals surface area contributed by atoms with Crippen LogP contribution in [-0.2, 0) is 9.59 Å². The Morgan fingerprint density at radius 3 is 2.11 bits per heavy atom. The van der Waals surface area contributed by atoms with E-state index in [4.69, 9.17) is 10.2 Å². The summed E-state index contributed by atoms with van der Waals surface area (Å²) in [4.78, 5) is 34.1. The lowest BCUT2D eigenvalue weighted by Crippen LogP contribution is -2.39. The summed E-state index contributed by atoms with van der Waals surface area (Å²) in [6.07, 6.45) is 0. The first kappa shape index (κ1) is 15.2. The molecule has 0 aromatic heterocycles. The molecule has 102 valence electrons. The van der Waals surface area contributed by atoms with E-state index >= 15 is 0 Å². The number of hydrogen-bond acceptors (Lipinski definition) is 3. The van der Waals surface area contributed by atoms with E-state index in [1.807, 2.05) is 6.92 Å². The third-order valence-electron chi connectivity index (χ3n) is 2.36. The highest BCUT2D eigenvalue weighted by molar-refractivity contribution is 9.10. The molecule has 2 N–H and O–H groups in total. The van der Waals surface area contributed by atoms with Crippen LogP contribution in [0.4, 0.5) is 0 Å². The Balaban J connectivity index is 3.00. The standard InChI is InChI=1S/C12H12BrNO5/c1-7-2-3-8(4-9(7)13)12(19)14(5-10(15)16)6-11(17)18/h2-4H,5-6H2,1H3,(H,15,16)(H,17,18). The van der Waals surface area contributed by atoms with Crippen molar-refractivity contribution in [1.82, 2.24) is 4.90 Å². The van der Waals surface area contributed by atoms with Crippen LogP contribution in [0.3, 0.4) is 0 Å². The lowest BCUT2D eigenvalue weighted by atomic mass is 10.1. The fourth-order valence-electron chi connectivity index (χ4n) is 1.43. The Kier molecular flexibility index (Phi) is 5.05. The zero-order valence-corrected chi connectivity index (χ0v) is 11.7. The maximum Gasteiger partial charge on any atom is 0.323 e. The van der Waals surface area contributed by atoms with Crippen LogP contribution in [0.5, 0.6) is 0 Å². The number of amides is 1. The number of carboxylic acids is 2. The Hall–Kier alpha value is -1.89. The summed E-state index contributed by atoms with van der Waals surface area (Å²) in [5.74, 6) is -3.16. The molecule has 6 nitrogen and oxygen atoms in total. The van der Waals surface area contributed by atoms with Crippen LogP contribution in [0.15, 0.2) is 22.7 Å². The fraction of sp³-hybridized carbons (Fsp3) is 0.250. The molecule has 0 aliphatic carbocycles. The summed E-state index contributed by atoms with van der Waals surface area (Å²) in [5, 5.41) is 17.4. The van der Waals surface area contributed by atoms with E-state index in [0.29, 0.717) is 4.47 Å². The first-order chi connectivity index (χ1) is 8.81. The minimum absolute atomic E-state index is 0.236. The van der Waals surface area contributed by atoms with E-state index in [0.717, 1.165) is 10.5 Å². The van der Waals surface area contributed by atoms with Crippen molar-refractivity contribution >= 4 is 33.8 Å². The van der Waals surface area contributed by atoms with Gasteiger partial charge in [-0.2, -0.15) is 0 Å². The molecule has 0 radical (unpaired) electrons. The number of hydrogen-bond donors (Lipinski definition) is 2. The second kappa shape index (κ2) is 6.33. The van der Waals surface area contributed by atoms with Gasteiger partial charge in [0.2, 0.25) is 0 Å². The molecule has 0 heterocycles. The molecule has 7 heteroatoms. The number of carbonyl (C=O) groups excluding carboxylic acids is 1. The molecule has 0 saturated carbocycles. The topological polar surface area (TPSA) is 94.9 Å². The van der Waals surface area contributed by atoms with Crippen LogP contribution in [0.2, 0.25) is 0 Å². The molecular formula is C12H12BrNO5. The van der Waals surface area contributed by atoms with Gasteiger partial charge in [-0.05, 0) is 24.6 Å². The molecule has 1 aromatic carbocycles. The zero-order chi connectivity index (χ0) is 14.6. The first-order valence-electron chi connectivity index (χ1n) is 5.30. The minimum Gasteiger partial charge on any atom is -0.480 e. The lowest BCUT2D eigenvalue weighted by molar-refractivity contribution is -0.140. The van der Waals surface area contributed by atoms with E-state index in [-0.39, 0.29) is 5.56 Å². The molecule has 19 heavy (non-hydrogen) atoms. The number of carbonyl (C=O) groups is 3. The largest absolute Gasteiger partial charge is 0.480 e. The molecule has 0 spiro atoms. The summed E-state index contributed by atoms with van der Waals surface area (Å²) in [6.45, 7) is 0.526. The highest BCUT2D eigenvalue weighted by Crippen LogP contribution is 2.18. The molecule has 0 aliphatic heterocycles. The van der Waals surface area contributed by atoms with Crippen LogP contribution in [-0.4, -0.2) is 46.0 Å². The fourth-order valence-corrected chi connectivity index (χ4v) is 1.81. The Bertz CT molecular complexity index is 513. The SMILES string of the molecule is Cc1ccc(C(=O)N(CC(=O)O)CC(=O)O)cc1Br. The van der Waals surface area contributed by atoms with Gasteiger partial charge in [-0.3, -0.25) is 14.4 Å². The van der Waals surface area contributed by atoms with Crippen LogP contribution < -0.4 is 0 Å². The second-order valence-corrected chi connectivity index (χ2v) is 4.77. The molecule has 0 fully saturated rings. The third kappa shape index (κ3) is 4.36. The molecular weight excluding hydrogens is 318 g/mol. The number of aliphatic carboxylic acids is 2. The van der Waals surface area contributed by atoms with Crippen molar-refractivity contribution in [2.75, 3.05) is 13.1 Å². The van der Waals surface area contributed by atoms with E-state index < -0.39 is 30.9 Å². The van der Waals surface area contributed by atoms with Gasteiger partial charge in [0.1, 0.15) is 13.1 Å². The van der Waals surface area contributed by atoms with Gasteiger partial charge >= 0.3 is 11.9 Å². The first-order valence-corrected chi connectivity index (χ1v) is 6.09. The van der Waals surface area contributed by atoms with Gasteiger partial charge in [-0.1, -0.05) is 22.0 Å². The molecule has 1 amide bonds. The summed E-state index contributed by atoms with van der Waals surface area (Å²) in [5.41, 5.74) is 1.15. The number of rotatable bonds is 5. The minimum atomic E-state index is -1.26. The van der Waals surface area contributed by atoms with E-state index in [1.165, 1.54) is 12.1 Å². The number of halogens is 1. The Labute approximate surface area is 117 Å². The van der Waals surface area contributed by atoms with Crippen molar-refractivity contribution in [1.29, 1.82) is 0 Å². The van der Waals surface area contributed by atoms with E-state index in [2.05, 4.69) is 15.9 Å². The normalized spacial score (nSPS) is 10.0. The quantitative estimate of drug-likeness (QED) is 0.850. The highest BCUT2D eigenvalue weighted by atomic mass is 79.9. The predicted molar refractivity (Wildman–Crippen MR) is 70.1 cm³/mol. The smallest absolute Gasteiger partial charge is 0.323 e. The summed E-state index contributed by atoms with van der Waals surface area (Å²) < 4.78 is 0.698. The Morgan fingerprint density at radius 1 is 1.16 bits per heavy atom. The second-order valence-electron chi connectivity index (χ2n) is 3.91. The average molecular weight is 330 g/mol. The Morgan fingerprint density at radius 2 is 1.68 bits per heavy atom. The summed E-state index contributed by atoms with van der Waals surface area (Å²) >= 11 is 3.26. The summed E-state index contributed by atoms with van der Waals surface area (Å²) in [7, 11) is 0. The van der Waals surface area contributed by atoms with Crippen LogP contribution in [0.1, 0.15) is 15.9 Å². The van der Waals surface area contributed by atoms with Gasteiger partial charge in [-0.15, -0.1) is 0 Å². The molecule has 0 saturated heterocycles. The molecule has 1 aromatic rings. The van der Waals surface area contributed by atoms with Crippen molar-refractivity contribution in [3.05, 3.63) is 33.8 Å². The summed E-state index contributed by atoms with van der Waals surface area (Å²) in [6, 6.07) is 4.75. The van der Waals surface area contributed by atoms with Crippen molar-refractivity contribution in [2.45, 2.75) is 6.92 Å². The molecule has 1 rings (SSSR count). The van der Waals surface area contributed by atoms with Gasteiger partial charge < -0.3 is 15.1 Å². The number of carboxylic acid groups (broad SMARTS) is 2. The van der Waals surface area contributed by atoms with Gasteiger partial charge in [0.05, 0.1) is 0 Å². The van der Waals surface area contributed by atoms with Gasteiger partial charge in [0.25, 0.3) is 5.91 Å². The molecule has 0 bridgehead atoms. The van der Waals surface area contributed by atoms with Crippen molar-refractivity contribution in [3.8, 4) is 0 Å². The lowest BCUT2D eigenvalue weighted by Gasteiger charge is -2.18. The third-order valence-corrected chi connectivity index (χ3v) is 3.21. The van der Waals surface area contributed by atoms with Crippen molar-refractivity contribution in [2.24, 2.45) is 0 Å². The molecule has 0 atom stereocenters. The van der Waals surface area contributed by atoms with Crippen molar-refractivity contribution in [3.63, 3.8) is 0 Å². The highest BCUT2D eigenvalue weighted by Gasteiger charge is 2.21. The van der Waals surface area contributed by atoms with E-state index in [1.54, 1.807) is 6.07 Å². The maximum atomic E-state index is 12.1.